The first kappa shape index (κ1) is 13.4. The highest BCUT2D eigenvalue weighted by molar-refractivity contribution is 8.01. The van der Waals surface area contributed by atoms with E-state index in [1.54, 1.807) is 0 Å². The largest absolute Gasteiger partial charge is 0.477 e. The number of nitrogens with two attached hydrogens (primary N) is 1. The van der Waals surface area contributed by atoms with E-state index in [0.29, 0.717) is 11.3 Å². The van der Waals surface area contributed by atoms with Gasteiger partial charge < -0.3 is 15.7 Å². The van der Waals surface area contributed by atoms with E-state index in [4.69, 9.17) is 10.6 Å². The molecular formula is C10H11N3O5S. The van der Waals surface area contributed by atoms with Gasteiger partial charge in [-0.2, -0.15) is 5.10 Å². The summed E-state index contributed by atoms with van der Waals surface area (Å²) in [7, 11) is 0. The van der Waals surface area contributed by atoms with E-state index >= 15 is 0 Å². The Labute approximate surface area is 112 Å². The first-order valence-corrected chi connectivity index (χ1v) is 6.33. The highest BCUT2D eigenvalue weighted by Crippen LogP contribution is 2.38. The van der Waals surface area contributed by atoms with E-state index in [1.165, 1.54) is 18.7 Å². The van der Waals surface area contributed by atoms with E-state index in [-0.39, 0.29) is 18.0 Å². The average molecular weight is 285 g/mol. The number of hydrazone groups is 1. The van der Waals surface area contributed by atoms with Crippen molar-refractivity contribution in [1.29, 1.82) is 0 Å². The van der Waals surface area contributed by atoms with Crippen LogP contribution in [-0.4, -0.2) is 51.3 Å². The van der Waals surface area contributed by atoms with Crippen molar-refractivity contribution >= 4 is 35.3 Å². The molecule has 0 radical (unpaired) electrons. The van der Waals surface area contributed by atoms with Crippen LogP contribution >= 0.6 is 11.8 Å². The summed E-state index contributed by atoms with van der Waals surface area (Å²) in [6.07, 6.45) is 0. The molecule has 1 saturated heterocycles. The highest BCUT2D eigenvalue weighted by Gasteiger charge is 2.51. The molecule has 0 saturated carbocycles. The van der Waals surface area contributed by atoms with Crippen LogP contribution < -0.4 is 5.84 Å². The summed E-state index contributed by atoms with van der Waals surface area (Å²) in [6, 6.07) is 0. The summed E-state index contributed by atoms with van der Waals surface area (Å²) < 4.78 is 4.79. The molecule has 0 aromatic heterocycles. The maximum Gasteiger partial charge on any atom is 0.352 e. The number of nitrogens with zero attached hydrogens (tertiary/aromatic N) is 2. The van der Waals surface area contributed by atoms with Gasteiger partial charge in [-0.25, -0.2) is 4.79 Å². The van der Waals surface area contributed by atoms with Crippen LogP contribution in [-0.2, 0) is 19.1 Å². The number of carboxylic acids is 1. The standard InChI is InChI=1S/C10H11N3O5S/c1-4(14)18-2-5-3-19-9-6(12-11)8(15)13(9)7(5)10(16)17/h9H,2-3,11H2,1H3,(H,16,17)/t9-/m1/s1. The number of hydrogen-bond acceptors (Lipinski definition) is 7. The Bertz CT molecular complexity index is 527. The lowest BCUT2D eigenvalue weighted by Crippen LogP contribution is -2.62. The van der Waals surface area contributed by atoms with Crippen molar-refractivity contribution < 1.29 is 24.2 Å². The molecule has 8 nitrogen and oxygen atoms in total. The fourth-order valence-electron chi connectivity index (χ4n) is 1.85. The molecule has 1 fully saturated rings. The molecule has 0 aromatic carbocycles. The third kappa shape index (κ3) is 2.16. The molecule has 0 spiro atoms. The number of carboxylic acid groups (broad SMARTS) is 1. The second-order valence-electron chi connectivity index (χ2n) is 3.89. The van der Waals surface area contributed by atoms with Gasteiger partial charge in [0, 0.05) is 18.2 Å². The van der Waals surface area contributed by atoms with E-state index < -0.39 is 23.2 Å². The van der Waals surface area contributed by atoms with Gasteiger partial charge in [-0.15, -0.1) is 11.8 Å². The number of β-lactam (4-membered cyclic amide) rings is 1. The summed E-state index contributed by atoms with van der Waals surface area (Å²) in [5, 5.41) is 12.1. The number of amides is 1. The second kappa shape index (κ2) is 4.92. The minimum Gasteiger partial charge on any atom is -0.477 e. The molecule has 0 aliphatic carbocycles. The number of aliphatic carboxylic acids is 1. The van der Waals surface area contributed by atoms with E-state index in [2.05, 4.69) is 5.10 Å². The van der Waals surface area contributed by atoms with Gasteiger partial charge in [0.05, 0.1) is 0 Å². The Hall–Kier alpha value is -2.03. The van der Waals surface area contributed by atoms with Crippen molar-refractivity contribution in [1.82, 2.24) is 4.90 Å². The molecule has 2 aliphatic rings. The Morgan fingerprint density at radius 2 is 2.32 bits per heavy atom. The highest BCUT2D eigenvalue weighted by atomic mass is 32.2. The minimum absolute atomic E-state index is 0.143. The lowest BCUT2D eigenvalue weighted by atomic mass is 10.1. The summed E-state index contributed by atoms with van der Waals surface area (Å²) in [5.74, 6) is 3.14. The number of rotatable bonds is 3. The lowest BCUT2D eigenvalue weighted by Gasteiger charge is -2.44. The number of carbonyl (C=O) groups excluding carboxylic acids is 2. The molecule has 102 valence electrons. The molecular weight excluding hydrogens is 274 g/mol. The summed E-state index contributed by atoms with van der Waals surface area (Å²) in [6.45, 7) is 1.09. The predicted octanol–water partition coefficient (Wildman–Crippen LogP) is -0.882. The van der Waals surface area contributed by atoms with Gasteiger partial charge in [0.1, 0.15) is 17.7 Å². The zero-order valence-corrected chi connectivity index (χ0v) is 10.8. The van der Waals surface area contributed by atoms with E-state index in [0.717, 1.165) is 4.90 Å². The van der Waals surface area contributed by atoms with Gasteiger partial charge in [0.2, 0.25) is 0 Å². The van der Waals surface area contributed by atoms with Gasteiger partial charge in [-0.3, -0.25) is 14.5 Å². The quantitative estimate of drug-likeness (QED) is 0.299. The topological polar surface area (TPSA) is 122 Å². The summed E-state index contributed by atoms with van der Waals surface area (Å²) >= 11 is 1.31. The van der Waals surface area contributed by atoms with Crippen molar-refractivity contribution in [3.63, 3.8) is 0 Å². The second-order valence-corrected chi connectivity index (χ2v) is 4.96. The van der Waals surface area contributed by atoms with Gasteiger partial charge in [0.15, 0.2) is 5.71 Å². The first-order valence-electron chi connectivity index (χ1n) is 5.29. The van der Waals surface area contributed by atoms with Crippen molar-refractivity contribution in [2.75, 3.05) is 12.4 Å². The average Bonchev–Trinajstić information content (AvgIpc) is 2.35. The zero-order valence-electron chi connectivity index (χ0n) is 9.95. The van der Waals surface area contributed by atoms with Crippen LogP contribution in [0.1, 0.15) is 6.92 Å². The minimum atomic E-state index is -1.24. The SMILES string of the molecule is CC(=O)OCC1=C(C(=O)O)N2C(=O)C(=NN)[C@H]2SC1. The van der Waals surface area contributed by atoms with Gasteiger partial charge in [-0.1, -0.05) is 0 Å². The fourth-order valence-corrected chi connectivity index (χ4v) is 3.10. The Morgan fingerprint density at radius 3 is 2.84 bits per heavy atom. The predicted molar refractivity (Wildman–Crippen MR) is 66.0 cm³/mol. The number of ether oxygens (including phenoxy) is 1. The van der Waals surface area contributed by atoms with Crippen LogP contribution in [0.3, 0.4) is 0 Å². The molecule has 19 heavy (non-hydrogen) atoms. The van der Waals surface area contributed by atoms with Crippen molar-refractivity contribution in [3.8, 4) is 0 Å². The van der Waals surface area contributed by atoms with Crippen LogP contribution in [0, 0.1) is 0 Å². The normalized spacial score (nSPS) is 24.1. The number of fused-ring (bicyclic) bond motifs is 1. The number of esters is 1. The maximum atomic E-state index is 11.7. The first-order chi connectivity index (χ1) is 8.97. The Balaban J connectivity index is 2.30. The van der Waals surface area contributed by atoms with Gasteiger partial charge >= 0.3 is 11.9 Å². The summed E-state index contributed by atoms with van der Waals surface area (Å²) in [4.78, 5) is 34.9. The summed E-state index contributed by atoms with van der Waals surface area (Å²) in [5.41, 5.74) is 0.381. The van der Waals surface area contributed by atoms with Gasteiger partial charge in [-0.05, 0) is 0 Å². The van der Waals surface area contributed by atoms with Gasteiger partial charge in [0.25, 0.3) is 5.91 Å². The van der Waals surface area contributed by atoms with E-state index in [9.17, 15) is 19.5 Å². The fraction of sp³-hybridized carbons (Fsp3) is 0.400. The molecule has 9 heteroatoms. The molecule has 3 N–H and O–H groups in total. The van der Waals surface area contributed by atoms with Crippen molar-refractivity contribution in [2.45, 2.75) is 12.3 Å². The number of hydrogen-bond donors (Lipinski definition) is 2. The van der Waals surface area contributed by atoms with Crippen molar-refractivity contribution in [3.05, 3.63) is 11.3 Å². The maximum absolute atomic E-state index is 11.7. The smallest absolute Gasteiger partial charge is 0.352 e. The molecule has 0 unspecified atom stereocenters. The third-order valence-electron chi connectivity index (χ3n) is 2.69. The van der Waals surface area contributed by atoms with Crippen LogP contribution in [0.15, 0.2) is 16.4 Å². The molecule has 1 atom stereocenters. The third-order valence-corrected chi connectivity index (χ3v) is 3.95. The number of carbonyl (C=O) groups is 3. The molecule has 0 bridgehead atoms. The Morgan fingerprint density at radius 1 is 1.63 bits per heavy atom. The zero-order chi connectivity index (χ0) is 14.2. The lowest BCUT2D eigenvalue weighted by molar-refractivity contribution is -0.141. The monoisotopic (exact) mass is 285 g/mol. The van der Waals surface area contributed by atoms with Crippen molar-refractivity contribution in [2.24, 2.45) is 10.9 Å². The van der Waals surface area contributed by atoms with Crippen LogP contribution in [0.5, 0.6) is 0 Å². The Kier molecular flexibility index (Phi) is 3.47. The molecule has 0 aromatic rings. The van der Waals surface area contributed by atoms with Crippen LogP contribution in [0.2, 0.25) is 0 Å². The molecule has 1 amide bonds. The number of thioether (sulfide) groups is 1. The van der Waals surface area contributed by atoms with Crippen LogP contribution in [0.25, 0.3) is 0 Å². The molecule has 2 aliphatic heterocycles. The van der Waals surface area contributed by atoms with E-state index in [1.807, 2.05) is 0 Å². The molecule has 2 heterocycles. The molecule has 2 rings (SSSR count). The van der Waals surface area contributed by atoms with Crippen LogP contribution in [0.4, 0.5) is 0 Å².